The number of morpholine rings is 1. The third-order valence-electron chi connectivity index (χ3n) is 6.49. The maximum atomic E-state index is 13.9. The van der Waals surface area contributed by atoms with Gasteiger partial charge in [-0.15, -0.1) is 0 Å². The zero-order chi connectivity index (χ0) is 23.9. The summed E-state index contributed by atoms with van der Waals surface area (Å²) in [7, 11) is 0. The molecule has 0 radical (unpaired) electrons. The average Bonchev–Trinajstić information content (AvgIpc) is 3.23. The largest absolute Gasteiger partial charge is 0.419 e. The van der Waals surface area contributed by atoms with E-state index in [4.69, 9.17) is 4.74 Å². The van der Waals surface area contributed by atoms with Crippen LogP contribution in [-0.2, 0) is 10.9 Å². The number of hydrogen-bond acceptors (Lipinski definition) is 7. The Balaban J connectivity index is 1.48. The Hall–Kier alpha value is -2.92. The number of nitrogens with one attached hydrogen (secondary N) is 3. The molecule has 34 heavy (non-hydrogen) atoms. The Kier molecular flexibility index (Phi) is 5.85. The van der Waals surface area contributed by atoms with Crippen LogP contribution in [-0.4, -0.2) is 64.4 Å². The molecular formula is C23H28F3N7O. The molecule has 0 amide bonds. The molecule has 3 aromatic rings. The van der Waals surface area contributed by atoms with Gasteiger partial charge in [-0.25, -0.2) is 15.0 Å². The lowest BCUT2D eigenvalue weighted by atomic mass is 9.91. The molecule has 2 saturated heterocycles. The number of nitrogens with zero attached hydrogens (tertiary/aromatic N) is 4. The van der Waals surface area contributed by atoms with Crippen molar-refractivity contribution in [2.75, 3.05) is 43.1 Å². The molecule has 3 N–H and O–H groups in total. The highest BCUT2D eigenvalue weighted by Gasteiger charge is 2.36. The van der Waals surface area contributed by atoms with Crippen LogP contribution >= 0.6 is 0 Å². The molecule has 1 unspecified atom stereocenters. The minimum absolute atomic E-state index is 0.0401. The predicted octanol–water partition coefficient (Wildman–Crippen LogP) is 3.82. The van der Waals surface area contributed by atoms with Gasteiger partial charge in [0.05, 0.1) is 18.9 Å². The zero-order valence-electron chi connectivity index (χ0n) is 19.2. The number of hydrogen-bond donors (Lipinski definition) is 3. The second-order valence-corrected chi connectivity index (χ2v) is 9.47. The fourth-order valence-corrected chi connectivity index (χ4v) is 4.45. The second-order valence-electron chi connectivity index (χ2n) is 9.47. The van der Waals surface area contributed by atoms with Crippen molar-refractivity contribution in [2.24, 2.45) is 0 Å². The van der Waals surface area contributed by atoms with Gasteiger partial charge in [0.15, 0.2) is 0 Å². The topological polar surface area (TPSA) is 91.0 Å². The molecule has 182 valence electrons. The number of alkyl halides is 3. The van der Waals surface area contributed by atoms with Crippen LogP contribution in [0.25, 0.3) is 22.3 Å². The number of anilines is 2. The highest BCUT2D eigenvalue weighted by atomic mass is 19.4. The summed E-state index contributed by atoms with van der Waals surface area (Å²) < 4.78 is 47.0. The predicted molar refractivity (Wildman–Crippen MR) is 124 cm³/mol. The van der Waals surface area contributed by atoms with E-state index < -0.39 is 11.7 Å². The molecule has 0 aromatic carbocycles. The first-order valence-corrected chi connectivity index (χ1v) is 11.5. The number of aromatic nitrogens is 4. The fourth-order valence-electron chi connectivity index (χ4n) is 4.45. The molecule has 0 spiro atoms. The lowest BCUT2D eigenvalue weighted by molar-refractivity contribution is -0.137. The van der Waals surface area contributed by atoms with Crippen molar-refractivity contribution in [3.63, 3.8) is 0 Å². The molecule has 2 aliphatic rings. The summed E-state index contributed by atoms with van der Waals surface area (Å²) in [6.45, 7) is 7.63. The van der Waals surface area contributed by atoms with Gasteiger partial charge in [0.25, 0.3) is 0 Å². The number of pyridine rings is 1. The van der Waals surface area contributed by atoms with Gasteiger partial charge in [0, 0.05) is 54.6 Å². The molecule has 0 bridgehead atoms. The SMILES string of the molecule is CC1(C)CCC(Nc2ncc(C(F)(F)F)c(-c3c[nH]c4nc(N5CCOCC5)ccc34)n2)CN1. The van der Waals surface area contributed by atoms with E-state index >= 15 is 0 Å². The number of fused-ring (bicyclic) bond motifs is 1. The molecule has 3 aromatic heterocycles. The van der Waals surface area contributed by atoms with Crippen molar-refractivity contribution in [1.82, 2.24) is 25.3 Å². The first-order chi connectivity index (χ1) is 16.2. The first kappa shape index (κ1) is 22.9. The summed E-state index contributed by atoms with van der Waals surface area (Å²) in [5.41, 5.74) is -0.141. The summed E-state index contributed by atoms with van der Waals surface area (Å²) in [5, 5.41) is 7.22. The third-order valence-corrected chi connectivity index (χ3v) is 6.49. The van der Waals surface area contributed by atoms with Gasteiger partial charge in [-0.2, -0.15) is 13.2 Å². The lowest BCUT2D eigenvalue weighted by Crippen LogP contribution is -2.50. The quantitative estimate of drug-likeness (QED) is 0.529. The van der Waals surface area contributed by atoms with Crippen molar-refractivity contribution in [3.05, 3.63) is 30.1 Å². The van der Waals surface area contributed by atoms with Crippen molar-refractivity contribution < 1.29 is 17.9 Å². The van der Waals surface area contributed by atoms with Crippen LogP contribution in [0.1, 0.15) is 32.3 Å². The molecule has 0 saturated carbocycles. The number of rotatable bonds is 4. The van der Waals surface area contributed by atoms with E-state index in [1.807, 2.05) is 6.07 Å². The summed E-state index contributed by atoms with van der Waals surface area (Å²) in [6, 6.07) is 3.66. The number of H-pyrrole nitrogens is 1. The third kappa shape index (κ3) is 4.67. The smallest absolute Gasteiger partial charge is 0.378 e. The Morgan fingerprint density at radius 3 is 2.68 bits per heavy atom. The van der Waals surface area contributed by atoms with Crippen LogP contribution in [0.3, 0.4) is 0 Å². The summed E-state index contributed by atoms with van der Waals surface area (Å²) >= 11 is 0. The van der Waals surface area contributed by atoms with Crippen molar-refractivity contribution >= 4 is 22.8 Å². The van der Waals surface area contributed by atoms with Crippen molar-refractivity contribution in [1.29, 1.82) is 0 Å². The molecule has 2 aliphatic heterocycles. The Bertz CT molecular complexity index is 1160. The van der Waals surface area contributed by atoms with Gasteiger partial charge in [-0.05, 0) is 38.8 Å². The van der Waals surface area contributed by atoms with E-state index in [0.29, 0.717) is 36.4 Å². The van der Waals surface area contributed by atoms with Gasteiger partial charge in [0.1, 0.15) is 17.0 Å². The Labute approximate surface area is 195 Å². The highest BCUT2D eigenvalue weighted by Crippen LogP contribution is 2.39. The standard InChI is InChI=1S/C23H28F3N7O/c1-22(2)6-5-14(11-29-22)30-21-28-13-17(23(24,25)26)19(32-21)16-12-27-20-15(16)3-4-18(31-20)33-7-9-34-10-8-33/h3-4,12-14,29H,5-11H2,1-2H3,(H,27,31)(H,28,30,32). The van der Waals surface area contributed by atoms with E-state index in [9.17, 15) is 13.2 Å². The van der Waals surface area contributed by atoms with Gasteiger partial charge in [0.2, 0.25) is 5.95 Å². The number of ether oxygens (including phenoxy) is 1. The Morgan fingerprint density at radius 1 is 1.18 bits per heavy atom. The summed E-state index contributed by atoms with van der Waals surface area (Å²) in [6.07, 6.45) is -0.375. The zero-order valence-corrected chi connectivity index (χ0v) is 19.2. The normalized spacial score (nSPS) is 21.1. The minimum atomic E-state index is -4.59. The van der Waals surface area contributed by atoms with Gasteiger partial charge in [-0.3, -0.25) is 0 Å². The van der Waals surface area contributed by atoms with Crippen LogP contribution in [0, 0.1) is 0 Å². The molecule has 1 atom stereocenters. The van der Waals surface area contributed by atoms with Gasteiger partial charge < -0.3 is 25.3 Å². The number of halogens is 3. The maximum Gasteiger partial charge on any atom is 0.419 e. The monoisotopic (exact) mass is 475 g/mol. The van der Waals surface area contributed by atoms with Crippen LogP contribution in [0.2, 0.25) is 0 Å². The summed E-state index contributed by atoms with van der Waals surface area (Å²) in [5.74, 6) is 0.944. The van der Waals surface area contributed by atoms with E-state index in [1.165, 1.54) is 6.20 Å². The van der Waals surface area contributed by atoms with Crippen molar-refractivity contribution in [2.45, 2.75) is 44.4 Å². The van der Waals surface area contributed by atoms with Crippen LogP contribution in [0.5, 0.6) is 0 Å². The van der Waals surface area contributed by atoms with Gasteiger partial charge in [-0.1, -0.05) is 0 Å². The first-order valence-electron chi connectivity index (χ1n) is 11.5. The molecule has 11 heteroatoms. The minimum Gasteiger partial charge on any atom is -0.378 e. The fraction of sp³-hybridized carbons (Fsp3) is 0.522. The summed E-state index contributed by atoms with van der Waals surface area (Å²) in [4.78, 5) is 18.1. The van der Waals surface area contributed by atoms with E-state index in [1.54, 1.807) is 6.07 Å². The second kappa shape index (κ2) is 8.70. The molecule has 2 fully saturated rings. The van der Waals surface area contributed by atoms with Crippen molar-refractivity contribution in [3.8, 4) is 11.3 Å². The average molecular weight is 476 g/mol. The molecular weight excluding hydrogens is 447 g/mol. The van der Waals surface area contributed by atoms with E-state index in [-0.39, 0.29) is 23.2 Å². The molecule has 5 heterocycles. The number of aromatic amines is 1. The maximum absolute atomic E-state index is 13.9. The van der Waals surface area contributed by atoms with Crippen LogP contribution in [0.15, 0.2) is 24.5 Å². The highest BCUT2D eigenvalue weighted by molar-refractivity contribution is 5.94. The molecule has 5 rings (SSSR count). The van der Waals surface area contributed by atoms with Crippen LogP contribution < -0.4 is 15.5 Å². The molecule has 0 aliphatic carbocycles. The van der Waals surface area contributed by atoms with E-state index in [2.05, 4.69) is 49.3 Å². The van der Waals surface area contributed by atoms with Crippen LogP contribution in [0.4, 0.5) is 24.9 Å². The number of piperidine rings is 1. The van der Waals surface area contributed by atoms with Gasteiger partial charge >= 0.3 is 6.18 Å². The Morgan fingerprint density at radius 2 is 1.97 bits per heavy atom. The van der Waals surface area contributed by atoms with E-state index in [0.717, 1.165) is 37.9 Å². The lowest BCUT2D eigenvalue weighted by Gasteiger charge is -2.36. The molecule has 8 nitrogen and oxygen atoms in total.